The lowest BCUT2D eigenvalue weighted by Crippen LogP contribution is -2.27. The SMILES string of the molecule is CCCCCC/C=C\CCCCCCCC(=O)OC(CO)COCCCCCCCCCCCCCCCCC. The van der Waals surface area contributed by atoms with Crippen molar-refractivity contribution in [2.24, 2.45) is 0 Å². The number of carbonyl (C=O) groups excluding carboxylic acids is 1. The Labute approximate surface area is 250 Å². The molecule has 0 bridgehead atoms. The number of hydrogen-bond acceptors (Lipinski definition) is 4. The lowest BCUT2D eigenvalue weighted by atomic mass is 10.0. The fraction of sp³-hybridized carbons (Fsp3) is 0.917. The zero-order valence-electron chi connectivity index (χ0n) is 27.1. The summed E-state index contributed by atoms with van der Waals surface area (Å²) in [6, 6.07) is 0. The van der Waals surface area contributed by atoms with Gasteiger partial charge >= 0.3 is 5.97 Å². The molecule has 0 radical (unpaired) electrons. The highest BCUT2D eigenvalue weighted by Crippen LogP contribution is 2.14. The predicted molar refractivity (Wildman–Crippen MR) is 173 cm³/mol. The highest BCUT2D eigenvalue weighted by Gasteiger charge is 2.13. The molecule has 4 heteroatoms. The van der Waals surface area contributed by atoms with Crippen LogP contribution >= 0.6 is 0 Å². The van der Waals surface area contributed by atoms with Gasteiger partial charge in [-0.15, -0.1) is 0 Å². The maximum Gasteiger partial charge on any atom is 0.306 e. The number of unbranched alkanes of at least 4 members (excludes halogenated alkanes) is 23. The monoisotopic (exact) mass is 567 g/mol. The maximum atomic E-state index is 12.1. The molecule has 0 saturated heterocycles. The number of esters is 1. The largest absolute Gasteiger partial charge is 0.457 e. The molecule has 1 atom stereocenters. The molecule has 0 aromatic carbocycles. The van der Waals surface area contributed by atoms with E-state index in [0.717, 1.165) is 19.3 Å². The Balaban J connectivity index is 3.42. The van der Waals surface area contributed by atoms with Gasteiger partial charge in [-0.05, 0) is 38.5 Å². The van der Waals surface area contributed by atoms with Crippen LogP contribution in [0.3, 0.4) is 0 Å². The fourth-order valence-corrected chi connectivity index (χ4v) is 5.15. The Morgan fingerprint density at radius 1 is 0.575 bits per heavy atom. The van der Waals surface area contributed by atoms with E-state index in [1.165, 1.54) is 148 Å². The van der Waals surface area contributed by atoms with Crippen LogP contribution in [0.1, 0.15) is 187 Å². The molecule has 238 valence electrons. The van der Waals surface area contributed by atoms with Gasteiger partial charge in [0, 0.05) is 13.0 Å². The first kappa shape index (κ1) is 39.1. The van der Waals surface area contributed by atoms with Gasteiger partial charge in [0.2, 0.25) is 0 Å². The second-order valence-electron chi connectivity index (χ2n) is 11.9. The van der Waals surface area contributed by atoms with Gasteiger partial charge in [0.1, 0.15) is 6.10 Å². The van der Waals surface area contributed by atoms with E-state index in [-0.39, 0.29) is 12.6 Å². The number of rotatable bonds is 33. The normalized spacial score (nSPS) is 12.4. The van der Waals surface area contributed by atoms with Gasteiger partial charge in [-0.2, -0.15) is 0 Å². The first-order valence-electron chi connectivity index (χ1n) is 17.8. The highest BCUT2D eigenvalue weighted by molar-refractivity contribution is 5.69. The van der Waals surface area contributed by atoms with Gasteiger partial charge in [-0.3, -0.25) is 4.79 Å². The number of carbonyl (C=O) groups is 1. The van der Waals surface area contributed by atoms with Crippen molar-refractivity contribution < 1.29 is 19.4 Å². The van der Waals surface area contributed by atoms with E-state index < -0.39 is 6.10 Å². The van der Waals surface area contributed by atoms with Gasteiger partial charge in [0.05, 0.1) is 13.2 Å². The number of hydrogen-bond donors (Lipinski definition) is 1. The van der Waals surface area contributed by atoms with Crippen molar-refractivity contribution in [1.29, 1.82) is 0 Å². The van der Waals surface area contributed by atoms with E-state index in [4.69, 9.17) is 9.47 Å². The van der Waals surface area contributed by atoms with E-state index in [2.05, 4.69) is 26.0 Å². The molecule has 0 amide bonds. The van der Waals surface area contributed by atoms with Crippen molar-refractivity contribution in [3.8, 4) is 0 Å². The lowest BCUT2D eigenvalue weighted by molar-refractivity contribution is -0.154. The third-order valence-electron chi connectivity index (χ3n) is 7.84. The Kier molecular flexibility index (Phi) is 33.6. The fourth-order valence-electron chi connectivity index (χ4n) is 5.15. The smallest absolute Gasteiger partial charge is 0.306 e. The van der Waals surface area contributed by atoms with Gasteiger partial charge in [0.15, 0.2) is 0 Å². The summed E-state index contributed by atoms with van der Waals surface area (Å²) >= 11 is 0. The Bertz CT molecular complexity index is 519. The molecule has 0 aliphatic carbocycles. The average molecular weight is 567 g/mol. The van der Waals surface area contributed by atoms with Crippen LogP contribution in [0.2, 0.25) is 0 Å². The summed E-state index contributed by atoms with van der Waals surface area (Å²) in [6.07, 6.45) is 38.1. The molecule has 0 rings (SSSR count). The Hall–Kier alpha value is -0.870. The van der Waals surface area contributed by atoms with Crippen LogP contribution in [0.25, 0.3) is 0 Å². The van der Waals surface area contributed by atoms with Crippen molar-refractivity contribution in [3.05, 3.63) is 12.2 Å². The average Bonchev–Trinajstić information content (AvgIpc) is 2.96. The molecule has 0 aromatic heterocycles. The van der Waals surface area contributed by atoms with Gasteiger partial charge in [-0.25, -0.2) is 0 Å². The quantitative estimate of drug-likeness (QED) is 0.0487. The van der Waals surface area contributed by atoms with Gasteiger partial charge in [0.25, 0.3) is 0 Å². The molecule has 0 saturated carbocycles. The third kappa shape index (κ3) is 31.7. The topological polar surface area (TPSA) is 55.8 Å². The van der Waals surface area contributed by atoms with Gasteiger partial charge < -0.3 is 14.6 Å². The molecule has 0 fully saturated rings. The van der Waals surface area contributed by atoms with E-state index in [1.807, 2.05) is 0 Å². The maximum absolute atomic E-state index is 12.1. The van der Waals surface area contributed by atoms with E-state index in [9.17, 15) is 9.90 Å². The number of aliphatic hydroxyl groups is 1. The lowest BCUT2D eigenvalue weighted by Gasteiger charge is -2.15. The molecular formula is C36H70O4. The van der Waals surface area contributed by atoms with Crippen molar-refractivity contribution in [3.63, 3.8) is 0 Å². The number of aliphatic hydroxyl groups excluding tert-OH is 1. The molecule has 0 aliphatic rings. The van der Waals surface area contributed by atoms with E-state index >= 15 is 0 Å². The molecule has 0 spiro atoms. The van der Waals surface area contributed by atoms with Crippen LogP contribution in [-0.4, -0.2) is 37.0 Å². The summed E-state index contributed by atoms with van der Waals surface area (Å²) in [5.74, 6) is -0.208. The van der Waals surface area contributed by atoms with Gasteiger partial charge in [-0.1, -0.05) is 154 Å². The highest BCUT2D eigenvalue weighted by atomic mass is 16.6. The van der Waals surface area contributed by atoms with Crippen LogP contribution in [0.15, 0.2) is 12.2 Å². The zero-order valence-corrected chi connectivity index (χ0v) is 27.1. The first-order valence-corrected chi connectivity index (χ1v) is 17.8. The van der Waals surface area contributed by atoms with Crippen molar-refractivity contribution in [2.75, 3.05) is 19.8 Å². The Morgan fingerprint density at radius 2 is 0.975 bits per heavy atom. The van der Waals surface area contributed by atoms with Crippen LogP contribution < -0.4 is 0 Å². The Morgan fingerprint density at radius 3 is 1.45 bits per heavy atom. The van der Waals surface area contributed by atoms with Crippen LogP contribution in [-0.2, 0) is 14.3 Å². The second-order valence-corrected chi connectivity index (χ2v) is 11.9. The second kappa shape index (κ2) is 34.3. The number of ether oxygens (including phenoxy) is 2. The first-order chi connectivity index (χ1) is 19.7. The molecule has 40 heavy (non-hydrogen) atoms. The summed E-state index contributed by atoms with van der Waals surface area (Å²) in [6.45, 7) is 5.34. The number of allylic oxidation sites excluding steroid dienone is 2. The minimum absolute atomic E-state index is 0.170. The molecule has 0 aliphatic heterocycles. The standard InChI is InChI=1S/C36H70O4/c1-3-5-7-9-11-13-15-17-18-20-22-24-26-28-30-32-39-34-35(33-37)40-36(38)31-29-27-25-23-21-19-16-14-12-10-8-6-4-2/h14,16,35,37H,3-13,15,17-34H2,1-2H3/b16-14-. The van der Waals surface area contributed by atoms with Crippen molar-refractivity contribution in [2.45, 2.75) is 193 Å². The zero-order chi connectivity index (χ0) is 29.2. The van der Waals surface area contributed by atoms with E-state index in [0.29, 0.717) is 19.6 Å². The molecular weight excluding hydrogens is 496 g/mol. The van der Waals surface area contributed by atoms with Crippen LogP contribution in [0.4, 0.5) is 0 Å². The molecule has 0 heterocycles. The summed E-state index contributed by atoms with van der Waals surface area (Å²) < 4.78 is 11.1. The summed E-state index contributed by atoms with van der Waals surface area (Å²) in [5.41, 5.74) is 0. The summed E-state index contributed by atoms with van der Waals surface area (Å²) in [7, 11) is 0. The summed E-state index contributed by atoms with van der Waals surface area (Å²) in [4.78, 5) is 12.1. The van der Waals surface area contributed by atoms with E-state index in [1.54, 1.807) is 0 Å². The van der Waals surface area contributed by atoms with Crippen molar-refractivity contribution in [1.82, 2.24) is 0 Å². The minimum atomic E-state index is -0.530. The van der Waals surface area contributed by atoms with Crippen molar-refractivity contribution >= 4 is 5.97 Å². The van der Waals surface area contributed by atoms with Crippen LogP contribution in [0.5, 0.6) is 0 Å². The molecule has 0 aromatic rings. The molecule has 1 unspecified atom stereocenters. The minimum Gasteiger partial charge on any atom is -0.457 e. The molecule has 1 N–H and O–H groups in total. The van der Waals surface area contributed by atoms with Crippen LogP contribution in [0, 0.1) is 0 Å². The molecule has 4 nitrogen and oxygen atoms in total. The third-order valence-corrected chi connectivity index (χ3v) is 7.84. The summed E-state index contributed by atoms with van der Waals surface area (Å²) in [5, 5.41) is 9.53. The predicted octanol–water partition coefficient (Wildman–Crippen LogP) is 11.0.